The number of halogens is 3. The second-order valence-corrected chi connectivity index (χ2v) is 4.15. The summed E-state index contributed by atoms with van der Waals surface area (Å²) < 4.78 is 44.2. The van der Waals surface area contributed by atoms with Crippen molar-refractivity contribution >= 4 is 0 Å². The van der Waals surface area contributed by atoms with Crippen molar-refractivity contribution < 1.29 is 17.9 Å². The molecule has 0 radical (unpaired) electrons. The van der Waals surface area contributed by atoms with E-state index >= 15 is 0 Å². The Morgan fingerprint density at radius 1 is 1.37 bits per heavy atom. The number of hydrogen-bond donors (Lipinski definition) is 1. The first-order valence-electron chi connectivity index (χ1n) is 6.32. The predicted octanol–water partition coefficient (Wildman–Crippen LogP) is 3.18. The van der Waals surface area contributed by atoms with Crippen LogP contribution < -0.4 is 5.32 Å². The molecule has 0 aromatic carbocycles. The average molecular weight is 276 g/mol. The highest BCUT2D eigenvalue weighted by molar-refractivity contribution is 5.29. The number of alkyl halides is 3. The molecule has 1 unspecified atom stereocenters. The van der Waals surface area contributed by atoms with Gasteiger partial charge in [-0.3, -0.25) is 4.98 Å². The van der Waals surface area contributed by atoms with Crippen LogP contribution in [0.2, 0.25) is 0 Å². The molecule has 19 heavy (non-hydrogen) atoms. The van der Waals surface area contributed by atoms with Gasteiger partial charge in [-0.05, 0) is 19.0 Å². The van der Waals surface area contributed by atoms with Crippen molar-refractivity contribution in [3.8, 4) is 0 Å². The highest BCUT2D eigenvalue weighted by Crippen LogP contribution is 2.34. The number of aromatic nitrogens is 1. The molecule has 1 rings (SSSR count). The maximum Gasteiger partial charge on any atom is 0.416 e. The third-order valence-electron chi connectivity index (χ3n) is 2.62. The largest absolute Gasteiger partial charge is 0.416 e. The van der Waals surface area contributed by atoms with Crippen molar-refractivity contribution in [2.24, 2.45) is 0 Å². The van der Waals surface area contributed by atoms with Gasteiger partial charge in [0.05, 0.1) is 18.2 Å². The number of rotatable bonds is 7. The van der Waals surface area contributed by atoms with E-state index in [-0.39, 0.29) is 12.2 Å². The maximum absolute atomic E-state index is 12.9. The Morgan fingerprint density at radius 3 is 2.68 bits per heavy atom. The van der Waals surface area contributed by atoms with Crippen LogP contribution in [0, 0.1) is 0 Å². The van der Waals surface area contributed by atoms with Crippen molar-refractivity contribution in [3.63, 3.8) is 0 Å². The summed E-state index contributed by atoms with van der Waals surface area (Å²) in [5, 5.41) is 3.01. The van der Waals surface area contributed by atoms with Crippen LogP contribution in [0.1, 0.15) is 37.4 Å². The molecule has 1 aromatic heterocycles. The highest BCUT2D eigenvalue weighted by Gasteiger charge is 2.35. The quantitative estimate of drug-likeness (QED) is 0.777. The number of pyridine rings is 1. The number of ether oxygens (including phenoxy) is 1. The van der Waals surface area contributed by atoms with E-state index in [1.165, 1.54) is 6.20 Å². The van der Waals surface area contributed by atoms with Crippen LogP contribution in [0.15, 0.2) is 18.5 Å². The van der Waals surface area contributed by atoms with E-state index in [4.69, 9.17) is 4.74 Å². The zero-order valence-electron chi connectivity index (χ0n) is 11.1. The van der Waals surface area contributed by atoms with E-state index in [2.05, 4.69) is 10.3 Å². The molecule has 0 aliphatic carbocycles. The Balaban J connectivity index is 2.95. The van der Waals surface area contributed by atoms with Crippen LogP contribution in [0.5, 0.6) is 0 Å². The van der Waals surface area contributed by atoms with Crippen LogP contribution in [0.25, 0.3) is 0 Å². The fourth-order valence-electron chi connectivity index (χ4n) is 1.79. The minimum atomic E-state index is -4.38. The molecule has 0 saturated carbocycles. The molecular weight excluding hydrogens is 257 g/mol. The Hall–Kier alpha value is -1.14. The van der Waals surface area contributed by atoms with Crippen LogP contribution in [0.3, 0.4) is 0 Å². The lowest BCUT2D eigenvalue weighted by atomic mass is 10.0. The third kappa shape index (κ3) is 4.80. The topological polar surface area (TPSA) is 34.1 Å². The lowest BCUT2D eigenvalue weighted by molar-refractivity contribution is -0.138. The fourth-order valence-corrected chi connectivity index (χ4v) is 1.79. The first-order chi connectivity index (χ1) is 9.00. The van der Waals surface area contributed by atoms with Crippen LogP contribution >= 0.6 is 0 Å². The second-order valence-electron chi connectivity index (χ2n) is 4.15. The summed E-state index contributed by atoms with van der Waals surface area (Å²) in [6, 6.07) is 0.501. The fraction of sp³-hybridized carbons (Fsp3) is 0.615. The van der Waals surface area contributed by atoms with Crippen molar-refractivity contribution in [2.75, 3.05) is 19.8 Å². The zero-order valence-corrected chi connectivity index (χ0v) is 11.1. The molecule has 1 heterocycles. The summed E-state index contributed by atoms with van der Waals surface area (Å²) in [6.07, 6.45) is -1.14. The molecule has 0 aliphatic heterocycles. The SMILES string of the molecule is CCCOCC(NCC)c1cnccc1C(F)(F)F. The van der Waals surface area contributed by atoms with Gasteiger partial charge in [0.15, 0.2) is 0 Å². The van der Waals surface area contributed by atoms with Crippen molar-refractivity contribution in [2.45, 2.75) is 32.5 Å². The number of nitrogens with one attached hydrogen (secondary N) is 1. The molecule has 0 aliphatic rings. The molecule has 0 amide bonds. The van der Waals surface area contributed by atoms with Crippen LogP contribution in [-0.4, -0.2) is 24.7 Å². The minimum Gasteiger partial charge on any atom is -0.379 e. The lowest BCUT2D eigenvalue weighted by Gasteiger charge is -2.21. The number of likely N-dealkylation sites (N-methyl/N-ethyl adjacent to an activating group) is 1. The van der Waals surface area contributed by atoms with E-state index < -0.39 is 17.8 Å². The standard InChI is InChI=1S/C13H19F3N2O/c1-3-7-19-9-12(18-4-2)10-8-17-6-5-11(10)13(14,15)16/h5-6,8,12,18H,3-4,7,9H2,1-2H3. The summed E-state index contributed by atoms with van der Waals surface area (Å²) in [4.78, 5) is 3.79. The first-order valence-corrected chi connectivity index (χ1v) is 6.32. The van der Waals surface area contributed by atoms with Crippen molar-refractivity contribution in [3.05, 3.63) is 29.6 Å². The van der Waals surface area contributed by atoms with Gasteiger partial charge in [-0.25, -0.2) is 0 Å². The summed E-state index contributed by atoms with van der Waals surface area (Å²) in [6.45, 7) is 5.09. The summed E-state index contributed by atoms with van der Waals surface area (Å²) >= 11 is 0. The van der Waals surface area contributed by atoms with Gasteiger partial charge in [0.25, 0.3) is 0 Å². The molecule has 0 spiro atoms. The Kier molecular flexibility index (Phi) is 6.24. The molecule has 1 N–H and O–H groups in total. The number of nitrogens with zero attached hydrogens (tertiary/aromatic N) is 1. The van der Waals surface area contributed by atoms with Gasteiger partial charge in [0, 0.05) is 24.6 Å². The average Bonchev–Trinajstić information content (AvgIpc) is 2.37. The van der Waals surface area contributed by atoms with Gasteiger partial charge in [-0.15, -0.1) is 0 Å². The smallest absolute Gasteiger partial charge is 0.379 e. The van der Waals surface area contributed by atoms with Crippen molar-refractivity contribution in [1.29, 1.82) is 0 Å². The van der Waals surface area contributed by atoms with Gasteiger partial charge in [-0.2, -0.15) is 13.2 Å². The molecule has 0 bridgehead atoms. The van der Waals surface area contributed by atoms with Crippen molar-refractivity contribution in [1.82, 2.24) is 10.3 Å². The van der Waals surface area contributed by atoms with E-state index in [9.17, 15) is 13.2 Å². The zero-order chi connectivity index (χ0) is 14.3. The lowest BCUT2D eigenvalue weighted by Crippen LogP contribution is -2.28. The van der Waals surface area contributed by atoms with Gasteiger partial charge in [0.1, 0.15) is 0 Å². The molecule has 0 fully saturated rings. The molecular formula is C13H19F3N2O. The van der Waals surface area contributed by atoms with Gasteiger partial charge < -0.3 is 10.1 Å². The molecule has 6 heteroatoms. The predicted molar refractivity (Wildman–Crippen MR) is 66.8 cm³/mol. The molecule has 3 nitrogen and oxygen atoms in total. The van der Waals surface area contributed by atoms with E-state index in [0.717, 1.165) is 18.7 Å². The molecule has 1 atom stereocenters. The van der Waals surface area contributed by atoms with Gasteiger partial charge in [0.2, 0.25) is 0 Å². The van der Waals surface area contributed by atoms with E-state index in [1.54, 1.807) is 0 Å². The Morgan fingerprint density at radius 2 is 2.11 bits per heavy atom. The monoisotopic (exact) mass is 276 g/mol. The second kappa shape index (κ2) is 7.45. The first kappa shape index (κ1) is 15.9. The van der Waals surface area contributed by atoms with Crippen LogP contribution in [-0.2, 0) is 10.9 Å². The Bertz CT molecular complexity index is 382. The maximum atomic E-state index is 12.9. The summed E-state index contributed by atoms with van der Waals surface area (Å²) in [5.41, 5.74) is -0.526. The normalized spacial score (nSPS) is 13.5. The molecule has 1 aromatic rings. The van der Waals surface area contributed by atoms with E-state index in [1.807, 2.05) is 13.8 Å². The van der Waals surface area contributed by atoms with Gasteiger partial charge in [-0.1, -0.05) is 13.8 Å². The third-order valence-corrected chi connectivity index (χ3v) is 2.62. The van der Waals surface area contributed by atoms with Crippen LogP contribution in [0.4, 0.5) is 13.2 Å². The molecule has 0 saturated heterocycles. The minimum absolute atomic E-state index is 0.132. The van der Waals surface area contributed by atoms with E-state index in [0.29, 0.717) is 13.2 Å². The summed E-state index contributed by atoms with van der Waals surface area (Å²) in [7, 11) is 0. The number of hydrogen-bond acceptors (Lipinski definition) is 3. The Labute approximate surface area is 111 Å². The highest BCUT2D eigenvalue weighted by atomic mass is 19.4. The molecule has 108 valence electrons. The summed E-state index contributed by atoms with van der Waals surface area (Å²) in [5.74, 6) is 0. The van der Waals surface area contributed by atoms with Gasteiger partial charge >= 0.3 is 6.18 Å².